The second-order valence-corrected chi connectivity index (χ2v) is 6.93. The summed E-state index contributed by atoms with van der Waals surface area (Å²) in [6.45, 7) is 7.26. The molecule has 8 nitrogen and oxygen atoms in total. The lowest BCUT2D eigenvalue weighted by atomic mass is 10.0. The highest BCUT2D eigenvalue weighted by atomic mass is 16.2. The summed E-state index contributed by atoms with van der Waals surface area (Å²) in [4.78, 5) is 26.8. The average molecular weight is 384 g/mol. The molecule has 1 aliphatic rings. The van der Waals surface area contributed by atoms with Gasteiger partial charge in [-0.25, -0.2) is 0 Å². The van der Waals surface area contributed by atoms with E-state index in [0.717, 1.165) is 43.1 Å². The van der Waals surface area contributed by atoms with Crippen LogP contribution in [0.5, 0.6) is 0 Å². The van der Waals surface area contributed by atoms with Gasteiger partial charge in [-0.15, -0.1) is 0 Å². The lowest BCUT2D eigenvalue weighted by molar-refractivity contribution is -0.118. The van der Waals surface area contributed by atoms with E-state index in [-0.39, 0.29) is 24.4 Å². The molecule has 1 atom stereocenters. The summed E-state index contributed by atoms with van der Waals surface area (Å²) in [5, 5.41) is 13.4. The molecule has 0 saturated carbocycles. The van der Waals surface area contributed by atoms with Crippen LogP contribution in [0.25, 0.3) is 0 Å². The predicted molar refractivity (Wildman–Crippen MR) is 108 cm³/mol. The van der Waals surface area contributed by atoms with Crippen LogP contribution in [0.1, 0.15) is 34.6 Å². The van der Waals surface area contributed by atoms with Gasteiger partial charge in [0.05, 0.1) is 17.9 Å². The first kappa shape index (κ1) is 20.0. The molecule has 0 bridgehead atoms. The highest BCUT2D eigenvalue weighted by Crippen LogP contribution is 2.23. The van der Waals surface area contributed by atoms with E-state index in [0.29, 0.717) is 5.56 Å². The van der Waals surface area contributed by atoms with Crippen LogP contribution in [-0.2, 0) is 11.3 Å². The summed E-state index contributed by atoms with van der Waals surface area (Å²) >= 11 is 0. The molecule has 2 heterocycles. The molecule has 0 unspecified atom stereocenters. The van der Waals surface area contributed by atoms with Crippen LogP contribution in [-0.4, -0.2) is 59.7 Å². The van der Waals surface area contributed by atoms with Gasteiger partial charge in [-0.2, -0.15) is 5.10 Å². The number of nitrogens with one attached hydrogen (secondary N) is 3. The lowest BCUT2D eigenvalue weighted by Crippen LogP contribution is -2.48. The molecular weight excluding hydrogens is 356 g/mol. The van der Waals surface area contributed by atoms with Gasteiger partial charge in [-0.1, -0.05) is 12.1 Å². The van der Waals surface area contributed by atoms with E-state index in [1.807, 2.05) is 42.9 Å². The zero-order valence-electron chi connectivity index (χ0n) is 16.7. The van der Waals surface area contributed by atoms with Crippen molar-refractivity contribution in [1.29, 1.82) is 0 Å². The maximum atomic E-state index is 12.7. The minimum atomic E-state index is -0.113. The standard InChI is InChI=1S/C20H28N6O2/c1-4-26-12-17(14(2)24-26)23-19(27)13-25-9-8-22-11-18(25)15-6-5-7-16(10-15)20(28)21-3/h5-7,10,12,18,22H,4,8-9,11,13H2,1-3H3,(H,21,28)(H,23,27)/t18-/m1/s1. The molecule has 1 aliphatic heterocycles. The third-order valence-electron chi connectivity index (χ3n) is 5.01. The Bertz CT molecular complexity index is 847. The van der Waals surface area contributed by atoms with E-state index in [4.69, 9.17) is 0 Å². The largest absolute Gasteiger partial charge is 0.355 e. The molecule has 0 aliphatic carbocycles. The Morgan fingerprint density at radius 1 is 1.36 bits per heavy atom. The number of carbonyl (C=O) groups is 2. The van der Waals surface area contributed by atoms with E-state index in [9.17, 15) is 9.59 Å². The molecule has 150 valence electrons. The number of anilines is 1. The summed E-state index contributed by atoms with van der Waals surface area (Å²) in [6.07, 6.45) is 1.86. The Kier molecular flexibility index (Phi) is 6.43. The number of benzene rings is 1. The summed E-state index contributed by atoms with van der Waals surface area (Å²) in [5.74, 6) is -0.175. The number of aryl methyl sites for hydroxylation is 2. The average Bonchev–Trinajstić information content (AvgIpc) is 3.07. The highest BCUT2D eigenvalue weighted by molar-refractivity contribution is 5.94. The van der Waals surface area contributed by atoms with Crippen molar-refractivity contribution in [3.05, 3.63) is 47.3 Å². The molecule has 8 heteroatoms. The molecule has 2 aromatic rings. The van der Waals surface area contributed by atoms with Gasteiger partial charge in [0.2, 0.25) is 5.91 Å². The fourth-order valence-corrected chi connectivity index (χ4v) is 3.47. The van der Waals surface area contributed by atoms with Crippen molar-refractivity contribution in [2.24, 2.45) is 0 Å². The Morgan fingerprint density at radius 3 is 2.89 bits per heavy atom. The first-order chi connectivity index (χ1) is 13.5. The molecule has 0 spiro atoms. The molecule has 1 saturated heterocycles. The third kappa shape index (κ3) is 4.58. The molecule has 28 heavy (non-hydrogen) atoms. The second-order valence-electron chi connectivity index (χ2n) is 6.93. The first-order valence-corrected chi connectivity index (χ1v) is 9.62. The highest BCUT2D eigenvalue weighted by Gasteiger charge is 2.26. The van der Waals surface area contributed by atoms with Gasteiger partial charge < -0.3 is 16.0 Å². The minimum Gasteiger partial charge on any atom is -0.355 e. The number of carbonyl (C=O) groups excluding carboxylic acids is 2. The summed E-state index contributed by atoms with van der Waals surface area (Å²) in [5.41, 5.74) is 3.21. The van der Waals surface area contributed by atoms with Gasteiger partial charge in [0.15, 0.2) is 0 Å². The van der Waals surface area contributed by atoms with Gasteiger partial charge in [0.1, 0.15) is 0 Å². The van der Waals surface area contributed by atoms with Crippen LogP contribution >= 0.6 is 0 Å². The fraction of sp³-hybridized carbons (Fsp3) is 0.450. The molecule has 3 N–H and O–H groups in total. The smallest absolute Gasteiger partial charge is 0.251 e. The van der Waals surface area contributed by atoms with E-state index in [1.165, 1.54) is 0 Å². The van der Waals surface area contributed by atoms with Crippen LogP contribution < -0.4 is 16.0 Å². The maximum absolute atomic E-state index is 12.7. The summed E-state index contributed by atoms with van der Waals surface area (Å²) in [6, 6.07) is 7.61. The van der Waals surface area contributed by atoms with Crippen LogP contribution in [0.2, 0.25) is 0 Å². The number of hydrogen-bond donors (Lipinski definition) is 3. The number of hydrogen-bond acceptors (Lipinski definition) is 5. The van der Waals surface area contributed by atoms with Crippen molar-refractivity contribution in [2.45, 2.75) is 26.4 Å². The van der Waals surface area contributed by atoms with Crippen molar-refractivity contribution in [1.82, 2.24) is 25.3 Å². The summed E-state index contributed by atoms with van der Waals surface area (Å²) in [7, 11) is 1.62. The molecule has 0 radical (unpaired) electrons. The van der Waals surface area contributed by atoms with Gasteiger partial charge in [0, 0.05) is 51.0 Å². The Morgan fingerprint density at radius 2 is 2.18 bits per heavy atom. The number of aromatic nitrogens is 2. The van der Waals surface area contributed by atoms with Gasteiger partial charge in [-0.05, 0) is 31.5 Å². The van der Waals surface area contributed by atoms with Crippen LogP contribution in [0, 0.1) is 6.92 Å². The lowest BCUT2D eigenvalue weighted by Gasteiger charge is -2.36. The van der Waals surface area contributed by atoms with Crippen LogP contribution in [0.3, 0.4) is 0 Å². The Hall–Kier alpha value is -2.71. The monoisotopic (exact) mass is 384 g/mol. The van der Waals surface area contributed by atoms with E-state index >= 15 is 0 Å². The zero-order valence-corrected chi connectivity index (χ0v) is 16.7. The quantitative estimate of drug-likeness (QED) is 0.695. The van der Waals surface area contributed by atoms with E-state index in [2.05, 4.69) is 25.9 Å². The Balaban J connectivity index is 1.72. The van der Waals surface area contributed by atoms with Crippen LogP contribution in [0.4, 0.5) is 5.69 Å². The first-order valence-electron chi connectivity index (χ1n) is 9.62. The van der Waals surface area contributed by atoms with Crippen LogP contribution in [0.15, 0.2) is 30.5 Å². The normalized spacial score (nSPS) is 17.3. The van der Waals surface area contributed by atoms with E-state index < -0.39 is 0 Å². The summed E-state index contributed by atoms with van der Waals surface area (Å²) < 4.78 is 1.81. The maximum Gasteiger partial charge on any atom is 0.251 e. The Labute approximate surface area is 165 Å². The SMILES string of the molecule is CCn1cc(NC(=O)CN2CCNC[C@@H]2c2cccc(C(=O)NC)c2)c(C)n1. The van der Waals surface area contributed by atoms with Gasteiger partial charge in [0.25, 0.3) is 5.91 Å². The number of amides is 2. The van der Waals surface area contributed by atoms with Gasteiger partial charge in [-0.3, -0.25) is 19.2 Å². The van der Waals surface area contributed by atoms with Gasteiger partial charge >= 0.3 is 0 Å². The molecule has 3 rings (SSSR count). The molecule has 2 amide bonds. The van der Waals surface area contributed by atoms with Crippen molar-refractivity contribution >= 4 is 17.5 Å². The molecule has 1 aromatic heterocycles. The number of nitrogens with zero attached hydrogens (tertiary/aromatic N) is 3. The second kappa shape index (κ2) is 8.99. The third-order valence-corrected chi connectivity index (χ3v) is 5.01. The molecular formula is C20H28N6O2. The molecule has 1 aromatic carbocycles. The van der Waals surface area contributed by atoms with Crippen molar-refractivity contribution in [2.75, 3.05) is 38.5 Å². The molecule has 1 fully saturated rings. The fourth-order valence-electron chi connectivity index (χ4n) is 3.47. The number of rotatable bonds is 6. The zero-order chi connectivity index (χ0) is 20.1. The van der Waals surface area contributed by atoms with Crippen molar-refractivity contribution in [3.63, 3.8) is 0 Å². The minimum absolute atomic E-state index is 0.0311. The predicted octanol–water partition coefficient (Wildman–Crippen LogP) is 1.16. The van der Waals surface area contributed by atoms with E-state index in [1.54, 1.807) is 13.1 Å². The topological polar surface area (TPSA) is 91.3 Å². The van der Waals surface area contributed by atoms with Crippen molar-refractivity contribution < 1.29 is 9.59 Å². The van der Waals surface area contributed by atoms with Crippen molar-refractivity contribution in [3.8, 4) is 0 Å². The number of piperazine rings is 1.